The van der Waals surface area contributed by atoms with Gasteiger partial charge in [-0.1, -0.05) is 12.2 Å². The molecule has 0 spiro atoms. The van der Waals surface area contributed by atoms with Crippen molar-refractivity contribution < 1.29 is 0 Å². The first-order valence-corrected chi connectivity index (χ1v) is 3.10. The van der Waals surface area contributed by atoms with E-state index in [-0.39, 0.29) is 0 Å². The van der Waals surface area contributed by atoms with Gasteiger partial charge in [0, 0.05) is 25.1 Å². The first-order valence-electron chi connectivity index (χ1n) is 3.10. The van der Waals surface area contributed by atoms with Crippen LogP contribution in [0.25, 0.3) is 0 Å². The van der Waals surface area contributed by atoms with Crippen molar-refractivity contribution in [2.45, 2.75) is 19.8 Å². The van der Waals surface area contributed by atoms with Gasteiger partial charge in [0.05, 0.1) is 0 Å². The number of rotatable bonds is 1. The fourth-order valence-electron chi connectivity index (χ4n) is 0.875. The SMILES string of the molecule is CCN=C1CC=CC1. The van der Waals surface area contributed by atoms with Gasteiger partial charge in [-0.2, -0.15) is 0 Å². The Morgan fingerprint density at radius 1 is 1.50 bits per heavy atom. The molecule has 0 fully saturated rings. The molecule has 0 unspecified atom stereocenters. The predicted molar refractivity (Wildman–Crippen MR) is 36.4 cm³/mol. The van der Waals surface area contributed by atoms with Gasteiger partial charge in [-0.3, -0.25) is 4.99 Å². The van der Waals surface area contributed by atoms with E-state index in [4.69, 9.17) is 0 Å². The number of hydrogen-bond donors (Lipinski definition) is 0. The van der Waals surface area contributed by atoms with Gasteiger partial charge in [-0.05, 0) is 6.92 Å². The van der Waals surface area contributed by atoms with E-state index >= 15 is 0 Å². The Bertz CT molecular complexity index is 112. The number of nitrogens with zero attached hydrogens (tertiary/aromatic N) is 1. The summed E-state index contributed by atoms with van der Waals surface area (Å²) in [5, 5.41) is 0. The van der Waals surface area contributed by atoms with Crippen LogP contribution < -0.4 is 0 Å². The highest BCUT2D eigenvalue weighted by molar-refractivity contribution is 5.89. The highest BCUT2D eigenvalue weighted by atomic mass is 14.7. The van der Waals surface area contributed by atoms with E-state index in [1.807, 2.05) is 0 Å². The van der Waals surface area contributed by atoms with E-state index in [0.29, 0.717) is 0 Å². The third kappa shape index (κ3) is 1.19. The Hall–Kier alpha value is -0.590. The molecule has 0 aromatic carbocycles. The average Bonchev–Trinajstić information content (AvgIpc) is 2.19. The zero-order valence-electron chi connectivity index (χ0n) is 5.22. The van der Waals surface area contributed by atoms with Gasteiger partial charge in [-0.15, -0.1) is 0 Å². The largest absolute Gasteiger partial charge is 0.294 e. The molecule has 0 atom stereocenters. The summed E-state index contributed by atoms with van der Waals surface area (Å²) in [6, 6.07) is 0. The van der Waals surface area contributed by atoms with E-state index in [0.717, 1.165) is 19.4 Å². The van der Waals surface area contributed by atoms with Crippen molar-refractivity contribution in [1.82, 2.24) is 0 Å². The molecule has 1 heteroatoms. The van der Waals surface area contributed by atoms with E-state index in [1.165, 1.54) is 5.71 Å². The number of allylic oxidation sites excluding steroid dienone is 2. The summed E-state index contributed by atoms with van der Waals surface area (Å²) < 4.78 is 0. The van der Waals surface area contributed by atoms with Crippen molar-refractivity contribution in [3.63, 3.8) is 0 Å². The summed E-state index contributed by atoms with van der Waals surface area (Å²) in [5.41, 5.74) is 1.34. The molecule has 1 aliphatic carbocycles. The second kappa shape index (κ2) is 2.65. The van der Waals surface area contributed by atoms with Crippen LogP contribution in [0.15, 0.2) is 17.1 Å². The summed E-state index contributed by atoms with van der Waals surface area (Å²) in [6.45, 7) is 3.02. The van der Waals surface area contributed by atoms with E-state index in [2.05, 4.69) is 24.1 Å². The third-order valence-corrected chi connectivity index (χ3v) is 1.26. The Balaban J connectivity index is 2.39. The maximum absolute atomic E-state index is 4.28. The van der Waals surface area contributed by atoms with Crippen LogP contribution in [-0.4, -0.2) is 12.3 Å². The molecule has 1 nitrogen and oxygen atoms in total. The zero-order chi connectivity index (χ0) is 5.82. The second-order valence-electron chi connectivity index (χ2n) is 1.92. The van der Waals surface area contributed by atoms with Gasteiger partial charge in [0.15, 0.2) is 0 Å². The average molecular weight is 109 g/mol. The van der Waals surface area contributed by atoms with Crippen LogP contribution in [0.1, 0.15) is 19.8 Å². The molecule has 8 heavy (non-hydrogen) atoms. The lowest BCUT2D eigenvalue weighted by molar-refractivity contribution is 1.11. The lowest BCUT2D eigenvalue weighted by atomic mass is 10.3. The molecule has 1 aliphatic rings. The summed E-state index contributed by atoms with van der Waals surface area (Å²) in [6.07, 6.45) is 6.53. The van der Waals surface area contributed by atoms with Crippen LogP contribution in [-0.2, 0) is 0 Å². The van der Waals surface area contributed by atoms with Gasteiger partial charge in [-0.25, -0.2) is 0 Å². The van der Waals surface area contributed by atoms with Gasteiger partial charge in [0.2, 0.25) is 0 Å². The molecular weight excluding hydrogens is 98.1 g/mol. The zero-order valence-corrected chi connectivity index (χ0v) is 5.22. The van der Waals surface area contributed by atoms with Crippen molar-refractivity contribution in [3.05, 3.63) is 12.2 Å². The van der Waals surface area contributed by atoms with Crippen LogP contribution in [0.4, 0.5) is 0 Å². The van der Waals surface area contributed by atoms with Crippen molar-refractivity contribution in [2.75, 3.05) is 6.54 Å². The molecule has 0 radical (unpaired) electrons. The quantitative estimate of drug-likeness (QED) is 0.455. The summed E-state index contributed by atoms with van der Waals surface area (Å²) in [5.74, 6) is 0. The van der Waals surface area contributed by atoms with Crippen LogP contribution in [0, 0.1) is 0 Å². The number of hydrogen-bond acceptors (Lipinski definition) is 1. The maximum Gasteiger partial charge on any atom is 0.0360 e. The molecule has 0 aromatic rings. The van der Waals surface area contributed by atoms with Crippen molar-refractivity contribution in [3.8, 4) is 0 Å². The lowest BCUT2D eigenvalue weighted by Gasteiger charge is -1.89. The molecule has 44 valence electrons. The Labute approximate surface area is 50.1 Å². The highest BCUT2D eigenvalue weighted by Gasteiger charge is 1.97. The second-order valence-corrected chi connectivity index (χ2v) is 1.92. The normalized spacial score (nSPS) is 17.4. The highest BCUT2D eigenvalue weighted by Crippen LogP contribution is 2.04. The minimum Gasteiger partial charge on any atom is -0.294 e. The van der Waals surface area contributed by atoms with E-state index in [1.54, 1.807) is 0 Å². The molecule has 1 rings (SSSR count). The maximum atomic E-state index is 4.28. The van der Waals surface area contributed by atoms with Gasteiger partial charge in [0.25, 0.3) is 0 Å². The van der Waals surface area contributed by atoms with Crippen molar-refractivity contribution >= 4 is 5.71 Å². The van der Waals surface area contributed by atoms with E-state index < -0.39 is 0 Å². The molecule has 0 saturated carbocycles. The number of aliphatic imine (C=N–C) groups is 1. The molecule has 0 heterocycles. The summed E-state index contributed by atoms with van der Waals surface area (Å²) in [4.78, 5) is 4.28. The van der Waals surface area contributed by atoms with Gasteiger partial charge < -0.3 is 0 Å². The smallest absolute Gasteiger partial charge is 0.0360 e. The summed E-state index contributed by atoms with van der Waals surface area (Å²) in [7, 11) is 0. The fourth-order valence-corrected chi connectivity index (χ4v) is 0.875. The Morgan fingerprint density at radius 3 is 2.62 bits per heavy atom. The molecular formula is C7H11N. The minimum absolute atomic E-state index is 0.941. The fraction of sp³-hybridized carbons (Fsp3) is 0.571. The van der Waals surface area contributed by atoms with Crippen LogP contribution in [0.2, 0.25) is 0 Å². The standard InChI is InChI=1S/C7H11N/c1-2-8-7-5-3-4-6-7/h3-4H,2,5-6H2,1H3. The lowest BCUT2D eigenvalue weighted by Crippen LogP contribution is -1.88. The molecule has 0 aliphatic heterocycles. The molecule has 0 saturated heterocycles. The van der Waals surface area contributed by atoms with Gasteiger partial charge in [0.1, 0.15) is 0 Å². The van der Waals surface area contributed by atoms with Crippen molar-refractivity contribution in [2.24, 2.45) is 4.99 Å². The van der Waals surface area contributed by atoms with Crippen molar-refractivity contribution in [1.29, 1.82) is 0 Å². The Morgan fingerprint density at radius 2 is 2.12 bits per heavy atom. The van der Waals surface area contributed by atoms with Gasteiger partial charge >= 0.3 is 0 Å². The predicted octanol–water partition coefficient (Wildman–Crippen LogP) is 1.80. The van der Waals surface area contributed by atoms with E-state index in [9.17, 15) is 0 Å². The molecule has 0 bridgehead atoms. The monoisotopic (exact) mass is 109 g/mol. The topological polar surface area (TPSA) is 12.4 Å². The molecule has 0 aromatic heterocycles. The molecule has 0 N–H and O–H groups in total. The summed E-state index contributed by atoms with van der Waals surface area (Å²) >= 11 is 0. The van der Waals surface area contributed by atoms with Crippen LogP contribution in [0.5, 0.6) is 0 Å². The Kier molecular flexibility index (Phi) is 1.84. The third-order valence-electron chi connectivity index (χ3n) is 1.26. The minimum atomic E-state index is 0.941. The van der Waals surface area contributed by atoms with Crippen LogP contribution >= 0.6 is 0 Å². The first-order chi connectivity index (χ1) is 3.93. The molecule has 0 amide bonds. The van der Waals surface area contributed by atoms with Crippen LogP contribution in [0.3, 0.4) is 0 Å². The first kappa shape index (κ1) is 5.54.